The van der Waals surface area contributed by atoms with Crippen LogP contribution in [0.5, 0.6) is 0 Å². The zero-order valence-electron chi connectivity index (χ0n) is 11.3. The van der Waals surface area contributed by atoms with Gasteiger partial charge < -0.3 is 5.11 Å². The monoisotopic (exact) mass is 252 g/mol. The molecule has 1 N–H and O–H groups in total. The van der Waals surface area contributed by atoms with Crippen LogP contribution in [-0.4, -0.2) is 5.11 Å². The fourth-order valence-electron chi connectivity index (χ4n) is 2.89. The van der Waals surface area contributed by atoms with Gasteiger partial charge in [-0.15, -0.1) is 0 Å². The highest BCUT2D eigenvalue weighted by Gasteiger charge is 2.43. The second kappa shape index (κ2) is 5.18. The summed E-state index contributed by atoms with van der Waals surface area (Å²) in [5.74, 6) is 0.913. The van der Waals surface area contributed by atoms with Crippen molar-refractivity contribution in [3.63, 3.8) is 0 Å². The van der Waals surface area contributed by atoms with Crippen molar-refractivity contribution in [1.82, 2.24) is 0 Å². The fourth-order valence-corrected chi connectivity index (χ4v) is 2.89. The van der Waals surface area contributed by atoms with Gasteiger partial charge in [0, 0.05) is 0 Å². The first-order valence-corrected chi connectivity index (χ1v) is 7.11. The van der Waals surface area contributed by atoms with Crippen molar-refractivity contribution >= 4 is 0 Å². The lowest BCUT2D eigenvalue weighted by Crippen LogP contribution is -2.02. The van der Waals surface area contributed by atoms with Crippen molar-refractivity contribution in [1.29, 1.82) is 0 Å². The molecule has 0 spiro atoms. The quantitative estimate of drug-likeness (QED) is 0.869. The Balaban J connectivity index is 1.74. The molecule has 1 heteroatoms. The molecule has 3 atom stereocenters. The molecule has 1 aliphatic rings. The van der Waals surface area contributed by atoms with E-state index in [1.165, 1.54) is 11.1 Å². The molecule has 0 bridgehead atoms. The lowest BCUT2D eigenvalue weighted by atomic mass is 9.99. The van der Waals surface area contributed by atoms with E-state index in [0.717, 1.165) is 18.4 Å². The topological polar surface area (TPSA) is 20.2 Å². The molecule has 98 valence electrons. The van der Waals surface area contributed by atoms with Crippen molar-refractivity contribution < 1.29 is 5.11 Å². The molecule has 3 unspecified atom stereocenters. The van der Waals surface area contributed by atoms with Crippen LogP contribution in [0, 0.1) is 5.92 Å². The average Bonchev–Trinajstić information content (AvgIpc) is 3.28. The molecule has 0 radical (unpaired) electrons. The van der Waals surface area contributed by atoms with Crippen molar-refractivity contribution in [2.24, 2.45) is 5.92 Å². The summed E-state index contributed by atoms with van der Waals surface area (Å²) in [6, 6.07) is 18.9. The number of benzene rings is 2. The molecule has 2 aromatic carbocycles. The standard InChI is InChI=1S/C18H20O/c1-2-13-7-6-10-15(11-13)18(19)17-12-16(17)14-8-4-3-5-9-14/h3-11,16-19H,2,12H2,1H3. The Labute approximate surface area is 114 Å². The Morgan fingerprint density at radius 1 is 1.11 bits per heavy atom. The molecule has 0 aliphatic heterocycles. The van der Waals surface area contributed by atoms with Crippen molar-refractivity contribution in [3.8, 4) is 0 Å². The van der Waals surface area contributed by atoms with Crippen molar-refractivity contribution in [2.45, 2.75) is 31.8 Å². The summed E-state index contributed by atoms with van der Waals surface area (Å²) in [6.07, 6.45) is 1.80. The number of rotatable bonds is 4. The Morgan fingerprint density at radius 3 is 2.63 bits per heavy atom. The minimum atomic E-state index is -0.322. The van der Waals surface area contributed by atoms with Crippen LogP contribution in [0.1, 0.15) is 42.1 Å². The molecule has 2 aromatic rings. The van der Waals surface area contributed by atoms with E-state index in [1.807, 2.05) is 12.1 Å². The predicted octanol–water partition coefficient (Wildman–Crippen LogP) is 4.09. The maximum atomic E-state index is 10.5. The van der Waals surface area contributed by atoms with Gasteiger partial charge in [-0.25, -0.2) is 0 Å². The number of hydrogen-bond acceptors (Lipinski definition) is 1. The van der Waals surface area contributed by atoms with Gasteiger partial charge in [0.1, 0.15) is 0 Å². The highest BCUT2D eigenvalue weighted by atomic mass is 16.3. The van der Waals surface area contributed by atoms with Gasteiger partial charge in [0.25, 0.3) is 0 Å². The largest absolute Gasteiger partial charge is 0.388 e. The Morgan fingerprint density at radius 2 is 1.89 bits per heavy atom. The van der Waals surface area contributed by atoms with Crippen molar-refractivity contribution in [3.05, 3.63) is 71.3 Å². The first kappa shape index (κ1) is 12.4. The van der Waals surface area contributed by atoms with Gasteiger partial charge in [-0.2, -0.15) is 0 Å². The Bertz CT molecular complexity index is 547. The molecule has 1 fully saturated rings. The second-order valence-electron chi connectivity index (χ2n) is 5.46. The number of hydrogen-bond donors (Lipinski definition) is 1. The molecule has 0 aromatic heterocycles. The predicted molar refractivity (Wildman–Crippen MR) is 78.1 cm³/mol. The Kier molecular flexibility index (Phi) is 3.39. The van der Waals surface area contributed by atoms with Crippen LogP contribution in [0.15, 0.2) is 54.6 Å². The van der Waals surface area contributed by atoms with Crippen LogP contribution in [0.2, 0.25) is 0 Å². The van der Waals surface area contributed by atoms with Gasteiger partial charge >= 0.3 is 0 Å². The third-order valence-electron chi connectivity index (χ3n) is 4.17. The minimum Gasteiger partial charge on any atom is -0.388 e. The molecule has 1 aliphatic carbocycles. The average molecular weight is 252 g/mol. The van der Waals surface area contributed by atoms with Gasteiger partial charge in [-0.1, -0.05) is 61.5 Å². The first-order chi connectivity index (χ1) is 9.29. The molecule has 1 saturated carbocycles. The van der Waals surface area contributed by atoms with Gasteiger partial charge in [0.15, 0.2) is 0 Å². The Hall–Kier alpha value is -1.60. The summed E-state index contributed by atoms with van der Waals surface area (Å²) in [5, 5.41) is 10.5. The molecule has 0 amide bonds. The van der Waals surface area contributed by atoms with Crippen LogP contribution in [0.25, 0.3) is 0 Å². The van der Waals surface area contributed by atoms with Crippen LogP contribution < -0.4 is 0 Å². The van der Waals surface area contributed by atoms with E-state index >= 15 is 0 Å². The third kappa shape index (κ3) is 2.57. The maximum absolute atomic E-state index is 10.5. The van der Waals surface area contributed by atoms with E-state index in [0.29, 0.717) is 11.8 Å². The summed E-state index contributed by atoms with van der Waals surface area (Å²) in [7, 11) is 0. The third-order valence-corrected chi connectivity index (χ3v) is 4.17. The molecule has 0 heterocycles. The zero-order chi connectivity index (χ0) is 13.2. The van der Waals surface area contributed by atoms with Gasteiger partial charge in [0.2, 0.25) is 0 Å². The molecule has 19 heavy (non-hydrogen) atoms. The second-order valence-corrected chi connectivity index (χ2v) is 5.46. The molecular weight excluding hydrogens is 232 g/mol. The van der Waals surface area contributed by atoms with Gasteiger partial charge in [-0.05, 0) is 41.4 Å². The highest BCUT2D eigenvalue weighted by Crippen LogP contribution is 2.53. The normalized spacial score (nSPS) is 23.1. The summed E-state index contributed by atoms with van der Waals surface area (Å²) >= 11 is 0. The van der Waals surface area contributed by atoms with E-state index < -0.39 is 0 Å². The summed E-state index contributed by atoms with van der Waals surface area (Å²) in [5.41, 5.74) is 3.73. The first-order valence-electron chi connectivity index (χ1n) is 7.11. The van der Waals surface area contributed by atoms with E-state index in [2.05, 4.69) is 49.4 Å². The van der Waals surface area contributed by atoms with E-state index in [-0.39, 0.29) is 6.10 Å². The smallest absolute Gasteiger partial charge is 0.0824 e. The van der Waals surface area contributed by atoms with E-state index in [9.17, 15) is 5.11 Å². The maximum Gasteiger partial charge on any atom is 0.0824 e. The fraction of sp³-hybridized carbons (Fsp3) is 0.333. The van der Waals surface area contributed by atoms with Crippen molar-refractivity contribution in [2.75, 3.05) is 0 Å². The van der Waals surface area contributed by atoms with Crippen LogP contribution in [-0.2, 0) is 6.42 Å². The molecular formula is C18H20O. The van der Waals surface area contributed by atoms with E-state index in [4.69, 9.17) is 0 Å². The molecule has 0 saturated heterocycles. The SMILES string of the molecule is CCc1cccc(C(O)C2CC2c2ccccc2)c1. The number of aryl methyl sites for hydroxylation is 1. The summed E-state index contributed by atoms with van der Waals surface area (Å²) in [6.45, 7) is 2.15. The summed E-state index contributed by atoms with van der Waals surface area (Å²) in [4.78, 5) is 0. The number of aliphatic hydroxyl groups is 1. The minimum absolute atomic E-state index is 0.322. The van der Waals surface area contributed by atoms with E-state index in [1.54, 1.807) is 0 Å². The van der Waals surface area contributed by atoms with Gasteiger partial charge in [-0.3, -0.25) is 0 Å². The van der Waals surface area contributed by atoms with Crippen LogP contribution in [0.3, 0.4) is 0 Å². The van der Waals surface area contributed by atoms with Crippen LogP contribution in [0.4, 0.5) is 0 Å². The number of aliphatic hydroxyl groups excluding tert-OH is 1. The highest BCUT2D eigenvalue weighted by molar-refractivity contribution is 5.31. The zero-order valence-corrected chi connectivity index (χ0v) is 11.3. The molecule has 1 nitrogen and oxygen atoms in total. The summed E-state index contributed by atoms with van der Waals surface area (Å²) < 4.78 is 0. The van der Waals surface area contributed by atoms with Gasteiger partial charge in [0.05, 0.1) is 6.10 Å². The van der Waals surface area contributed by atoms with Crippen LogP contribution >= 0.6 is 0 Å². The lowest BCUT2D eigenvalue weighted by Gasteiger charge is -2.12. The molecule has 3 rings (SSSR count). The lowest BCUT2D eigenvalue weighted by molar-refractivity contribution is 0.151.